The fourth-order valence-corrected chi connectivity index (χ4v) is 1.07. The van der Waals surface area contributed by atoms with Crippen molar-refractivity contribution in [3.63, 3.8) is 0 Å². The van der Waals surface area contributed by atoms with Crippen molar-refractivity contribution >= 4 is 0 Å². The van der Waals surface area contributed by atoms with E-state index in [1.54, 1.807) is 4.68 Å². The second-order valence-electron chi connectivity index (χ2n) is 4.06. The minimum atomic E-state index is -0.108. The van der Waals surface area contributed by atoms with E-state index in [0.717, 1.165) is 5.82 Å². The van der Waals surface area contributed by atoms with E-state index in [2.05, 4.69) is 10.1 Å². The highest BCUT2D eigenvalue weighted by Crippen LogP contribution is 2.06. The molecule has 1 rings (SSSR count). The fourth-order valence-electron chi connectivity index (χ4n) is 1.07. The van der Waals surface area contributed by atoms with Gasteiger partial charge in [-0.05, 0) is 20.8 Å². The molecule has 1 heterocycles. The van der Waals surface area contributed by atoms with Crippen LogP contribution in [-0.2, 0) is 17.8 Å². The van der Waals surface area contributed by atoms with Crippen molar-refractivity contribution in [2.45, 2.75) is 39.5 Å². The van der Waals surface area contributed by atoms with Gasteiger partial charge in [0.15, 0.2) is 0 Å². The first-order chi connectivity index (χ1) is 6.53. The smallest absolute Gasteiger partial charge is 0.140 e. The fraction of sp³-hybridized carbons (Fsp3) is 0.778. The van der Waals surface area contributed by atoms with Gasteiger partial charge in [0, 0.05) is 0 Å². The number of rotatable bonds is 4. The summed E-state index contributed by atoms with van der Waals surface area (Å²) in [4.78, 5) is 4.02. The van der Waals surface area contributed by atoms with Crippen LogP contribution in [0, 0.1) is 0 Å². The summed E-state index contributed by atoms with van der Waals surface area (Å²) in [6.45, 7) is 7.81. The molecule has 1 aromatic rings. The zero-order valence-electron chi connectivity index (χ0n) is 9.03. The number of nitrogens with zero attached hydrogens (tertiary/aromatic N) is 3. The maximum absolute atomic E-state index is 5.57. The molecule has 0 amide bonds. The number of hydrogen-bond acceptors (Lipinski definition) is 4. The molecule has 0 aliphatic heterocycles. The van der Waals surface area contributed by atoms with E-state index in [9.17, 15) is 0 Å². The minimum Gasteiger partial charge on any atom is -0.374 e. The van der Waals surface area contributed by atoms with Crippen molar-refractivity contribution in [2.24, 2.45) is 5.73 Å². The molecule has 0 bridgehead atoms. The predicted octanol–water partition coefficient (Wildman–Crippen LogP) is 0.552. The van der Waals surface area contributed by atoms with E-state index in [1.165, 1.54) is 6.33 Å². The van der Waals surface area contributed by atoms with Gasteiger partial charge in [-0.3, -0.25) is 0 Å². The van der Waals surface area contributed by atoms with Crippen molar-refractivity contribution in [2.75, 3.05) is 6.61 Å². The van der Waals surface area contributed by atoms with Crippen molar-refractivity contribution in [1.82, 2.24) is 14.8 Å². The number of nitrogens with two attached hydrogens (primary N) is 1. The molecular weight excluding hydrogens is 180 g/mol. The highest BCUT2D eigenvalue weighted by molar-refractivity contribution is 4.82. The Labute approximate surface area is 84.3 Å². The predicted molar refractivity (Wildman–Crippen MR) is 53.6 cm³/mol. The molecule has 0 aliphatic rings. The normalized spacial score (nSPS) is 12.0. The highest BCUT2D eigenvalue weighted by atomic mass is 16.5. The summed E-state index contributed by atoms with van der Waals surface area (Å²) in [7, 11) is 0. The third-order valence-corrected chi connectivity index (χ3v) is 1.72. The van der Waals surface area contributed by atoms with Crippen LogP contribution in [0.3, 0.4) is 0 Å². The van der Waals surface area contributed by atoms with Gasteiger partial charge in [-0.2, -0.15) is 5.10 Å². The van der Waals surface area contributed by atoms with Crippen LogP contribution in [0.1, 0.15) is 26.6 Å². The van der Waals surface area contributed by atoms with E-state index in [4.69, 9.17) is 10.5 Å². The Morgan fingerprint density at radius 1 is 1.50 bits per heavy atom. The summed E-state index contributed by atoms with van der Waals surface area (Å²) in [5, 5.41) is 4.05. The van der Waals surface area contributed by atoms with Gasteiger partial charge in [-0.15, -0.1) is 0 Å². The molecule has 5 heteroatoms. The Morgan fingerprint density at radius 3 is 2.79 bits per heavy atom. The standard InChI is InChI=1S/C9H18N4O/c1-9(2,3)14-5-4-13-8(6-10)11-7-12-13/h7H,4-6,10H2,1-3H3. The Balaban J connectivity index is 2.38. The van der Waals surface area contributed by atoms with E-state index in [0.29, 0.717) is 19.7 Å². The first-order valence-electron chi connectivity index (χ1n) is 4.73. The lowest BCUT2D eigenvalue weighted by Crippen LogP contribution is -2.23. The van der Waals surface area contributed by atoms with Crippen LogP contribution in [0.4, 0.5) is 0 Å². The molecule has 2 N–H and O–H groups in total. The van der Waals surface area contributed by atoms with Crippen LogP contribution in [0.5, 0.6) is 0 Å². The molecule has 0 fully saturated rings. The molecule has 0 saturated carbocycles. The summed E-state index contributed by atoms with van der Waals surface area (Å²) in [6.07, 6.45) is 1.51. The second-order valence-corrected chi connectivity index (χ2v) is 4.06. The van der Waals surface area contributed by atoms with E-state index in [1.807, 2.05) is 20.8 Å². The van der Waals surface area contributed by atoms with Gasteiger partial charge in [-0.1, -0.05) is 0 Å². The van der Waals surface area contributed by atoms with Gasteiger partial charge < -0.3 is 10.5 Å². The van der Waals surface area contributed by atoms with Crippen molar-refractivity contribution in [3.8, 4) is 0 Å². The average Bonchev–Trinajstić information content (AvgIpc) is 2.49. The molecule has 0 spiro atoms. The third kappa shape index (κ3) is 3.43. The van der Waals surface area contributed by atoms with E-state index in [-0.39, 0.29) is 5.60 Å². The maximum Gasteiger partial charge on any atom is 0.140 e. The van der Waals surface area contributed by atoms with Gasteiger partial charge in [0.2, 0.25) is 0 Å². The van der Waals surface area contributed by atoms with Crippen LogP contribution >= 0.6 is 0 Å². The van der Waals surface area contributed by atoms with Gasteiger partial charge in [-0.25, -0.2) is 9.67 Å². The Bertz CT molecular complexity index is 277. The topological polar surface area (TPSA) is 66.0 Å². The molecule has 1 aromatic heterocycles. The number of ether oxygens (including phenoxy) is 1. The van der Waals surface area contributed by atoms with Gasteiger partial charge in [0.05, 0.1) is 25.3 Å². The highest BCUT2D eigenvalue weighted by Gasteiger charge is 2.10. The molecule has 0 aliphatic carbocycles. The Kier molecular flexibility index (Phi) is 3.60. The lowest BCUT2D eigenvalue weighted by atomic mass is 10.2. The summed E-state index contributed by atoms with van der Waals surface area (Å²) < 4.78 is 7.34. The summed E-state index contributed by atoms with van der Waals surface area (Å²) in [6, 6.07) is 0. The Morgan fingerprint density at radius 2 is 2.21 bits per heavy atom. The molecule has 0 atom stereocenters. The third-order valence-electron chi connectivity index (χ3n) is 1.72. The summed E-state index contributed by atoms with van der Waals surface area (Å²) >= 11 is 0. The zero-order valence-corrected chi connectivity index (χ0v) is 9.03. The molecule has 0 saturated heterocycles. The zero-order chi connectivity index (χ0) is 10.6. The summed E-state index contributed by atoms with van der Waals surface area (Å²) in [5.41, 5.74) is 5.38. The molecule has 80 valence electrons. The molecule has 0 aromatic carbocycles. The van der Waals surface area contributed by atoms with Crippen molar-refractivity contribution in [1.29, 1.82) is 0 Å². The van der Waals surface area contributed by atoms with Crippen LogP contribution in [0.2, 0.25) is 0 Å². The largest absolute Gasteiger partial charge is 0.374 e. The number of hydrogen-bond donors (Lipinski definition) is 1. The lowest BCUT2D eigenvalue weighted by molar-refractivity contribution is -0.00819. The Hall–Kier alpha value is -0.940. The van der Waals surface area contributed by atoms with Crippen LogP contribution in [0.15, 0.2) is 6.33 Å². The molecule has 14 heavy (non-hydrogen) atoms. The van der Waals surface area contributed by atoms with Crippen molar-refractivity contribution < 1.29 is 4.74 Å². The summed E-state index contributed by atoms with van der Waals surface area (Å²) in [5.74, 6) is 0.794. The van der Waals surface area contributed by atoms with E-state index < -0.39 is 0 Å². The van der Waals surface area contributed by atoms with Crippen LogP contribution in [0.25, 0.3) is 0 Å². The maximum atomic E-state index is 5.57. The van der Waals surface area contributed by atoms with Gasteiger partial charge in [0.25, 0.3) is 0 Å². The van der Waals surface area contributed by atoms with Crippen LogP contribution < -0.4 is 5.73 Å². The quantitative estimate of drug-likeness (QED) is 0.767. The average molecular weight is 198 g/mol. The number of aromatic nitrogens is 3. The SMILES string of the molecule is CC(C)(C)OCCn1ncnc1CN. The monoisotopic (exact) mass is 198 g/mol. The molecule has 0 radical (unpaired) electrons. The molecule has 5 nitrogen and oxygen atoms in total. The molecular formula is C9H18N4O. The minimum absolute atomic E-state index is 0.108. The molecule has 0 unspecified atom stereocenters. The first-order valence-corrected chi connectivity index (χ1v) is 4.73. The van der Waals surface area contributed by atoms with E-state index >= 15 is 0 Å². The van der Waals surface area contributed by atoms with Crippen molar-refractivity contribution in [3.05, 3.63) is 12.2 Å². The van der Waals surface area contributed by atoms with Gasteiger partial charge >= 0.3 is 0 Å². The second kappa shape index (κ2) is 4.52. The van der Waals surface area contributed by atoms with Gasteiger partial charge in [0.1, 0.15) is 12.2 Å². The first kappa shape index (κ1) is 11.1. The lowest BCUT2D eigenvalue weighted by Gasteiger charge is -2.19. The van der Waals surface area contributed by atoms with Crippen LogP contribution in [-0.4, -0.2) is 27.0 Å².